The van der Waals surface area contributed by atoms with Crippen molar-refractivity contribution in [1.29, 1.82) is 0 Å². The van der Waals surface area contributed by atoms with E-state index in [1.54, 1.807) is 4.90 Å². The molecule has 114 valence electrons. The molecule has 0 radical (unpaired) electrons. The van der Waals surface area contributed by atoms with Gasteiger partial charge in [-0.05, 0) is 18.8 Å². The van der Waals surface area contributed by atoms with E-state index in [-0.39, 0.29) is 24.4 Å². The summed E-state index contributed by atoms with van der Waals surface area (Å²) in [6, 6.07) is 0.0988. The average Bonchev–Trinajstić information content (AvgIpc) is 2.34. The van der Waals surface area contributed by atoms with Crippen LogP contribution >= 0.6 is 12.2 Å². The Morgan fingerprint density at radius 1 is 1.50 bits per heavy atom. The maximum absolute atomic E-state index is 12.9. The van der Waals surface area contributed by atoms with Crippen molar-refractivity contribution in [2.75, 3.05) is 19.6 Å². The Balaban J connectivity index is 1.95. The molecule has 1 amide bonds. The van der Waals surface area contributed by atoms with Crippen molar-refractivity contribution >= 4 is 23.1 Å². The molecule has 8 heteroatoms. The van der Waals surface area contributed by atoms with E-state index in [1.807, 2.05) is 0 Å². The highest BCUT2D eigenvalue weighted by molar-refractivity contribution is 7.80. The number of alkyl halides is 3. The van der Waals surface area contributed by atoms with Crippen LogP contribution in [-0.4, -0.2) is 47.6 Å². The zero-order valence-corrected chi connectivity index (χ0v) is 11.8. The molecule has 0 aromatic rings. The molecule has 0 aliphatic carbocycles. The molecular weight excluding hydrogens is 291 g/mol. The normalized spacial score (nSPS) is 29.4. The molecule has 0 aromatic carbocycles. The van der Waals surface area contributed by atoms with Crippen molar-refractivity contribution in [2.24, 2.45) is 17.6 Å². The van der Waals surface area contributed by atoms with Gasteiger partial charge >= 0.3 is 6.18 Å². The number of fused-ring (bicyclic) bond motifs is 1. The summed E-state index contributed by atoms with van der Waals surface area (Å²) in [7, 11) is 0. The second-order valence-electron chi connectivity index (χ2n) is 5.52. The molecule has 3 atom stereocenters. The smallest absolute Gasteiger partial charge is 0.393 e. The Hall–Kier alpha value is -0.890. The largest absolute Gasteiger partial charge is 0.399 e. The third-order valence-corrected chi connectivity index (χ3v) is 4.37. The first kappa shape index (κ1) is 15.5. The summed E-state index contributed by atoms with van der Waals surface area (Å²) in [5, 5.41) is 2.91. The van der Waals surface area contributed by atoms with Crippen molar-refractivity contribution in [1.82, 2.24) is 10.2 Å². The molecule has 20 heavy (non-hydrogen) atoms. The lowest BCUT2D eigenvalue weighted by Crippen LogP contribution is -2.55. The summed E-state index contributed by atoms with van der Waals surface area (Å²) in [5.41, 5.74) is 5.22. The summed E-state index contributed by atoms with van der Waals surface area (Å²) in [5.74, 6) is -1.50. The third kappa shape index (κ3) is 3.60. The Morgan fingerprint density at radius 2 is 2.20 bits per heavy atom. The number of halogens is 3. The zero-order chi connectivity index (χ0) is 14.9. The number of nitrogens with two attached hydrogens (primary N) is 1. The highest BCUT2D eigenvalue weighted by atomic mass is 32.1. The predicted octanol–water partition coefficient (Wildman–Crippen LogP) is 1.05. The number of piperidine rings is 2. The first-order chi connectivity index (χ1) is 9.27. The lowest BCUT2D eigenvalue weighted by atomic mass is 9.85. The fourth-order valence-electron chi connectivity index (χ4n) is 2.96. The number of nitrogens with zero attached hydrogens (tertiary/aromatic N) is 1. The van der Waals surface area contributed by atoms with Crippen molar-refractivity contribution < 1.29 is 18.0 Å². The number of likely N-dealkylation sites (tertiary alicyclic amines) is 1. The van der Waals surface area contributed by atoms with Crippen LogP contribution in [0.3, 0.4) is 0 Å². The number of thiocarbonyl (C=S) groups is 1. The predicted molar refractivity (Wildman–Crippen MR) is 72.0 cm³/mol. The molecule has 2 fully saturated rings. The van der Waals surface area contributed by atoms with Gasteiger partial charge in [-0.1, -0.05) is 12.2 Å². The second kappa shape index (κ2) is 5.85. The Labute approximate surface area is 120 Å². The monoisotopic (exact) mass is 309 g/mol. The van der Waals surface area contributed by atoms with Crippen LogP contribution in [0, 0.1) is 11.8 Å². The van der Waals surface area contributed by atoms with Crippen molar-refractivity contribution in [3.05, 3.63) is 0 Å². The Kier molecular flexibility index (Phi) is 4.53. The van der Waals surface area contributed by atoms with E-state index in [2.05, 4.69) is 17.5 Å². The quantitative estimate of drug-likeness (QED) is 0.765. The van der Waals surface area contributed by atoms with E-state index in [0.717, 1.165) is 6.42 Å². The van der Waals surface area contributed by atoms with Gasteiger partial charge in [0.25, 0.3) is 0 Å². The molecule has 0 bridgehead atoms. The number of hydrogen-bond donors (Lipinski definition) is 2. The molecule has 3 unspecified atom stereocenters. The number of carbonyl (C=O) groups excluding carboxylic acids is 1. The van der Waals surface area contributed by atoms with Gasteiger partial charge < -0.3 is 16.0 Å². The molecule has 2 heterocycles. The number of rotatable bonds is 3. The van der Waals surface area contributed by atoms with Crippen LogP contribution in [0.4, 0.5) is 13.2 Å². The summed E-state index contributed by atoms with van der Waals surface area (Å²) in [6.45, 7) is 0.896. The van der Waals surface area contributed by atoms with E-state index in [9.17, 15) is 18.0 Å². The topological polar surface area (TPSA) is 58.4 Å². The molecule has 0 aromatic heterocycles. The SMILES string of the molecule is NC(=S)C(CN1CCC2NC(=O)CCC2C1)C(F)(F)F. The van der Waals surface area contributed by atoms with Crippen molar-refractivity contribution in [3.8, 4) is 0 Å². The molecule has 0 spiro atoms. The fourth-order valence-corrected chi connectivity index (χ4v) is 3.17. The number of carbonyl (C=O) groups is 1. The molecule has 3 N–H and O–H groups in total. The van der Waals surface area contributed by atoms with Crippen LogP contribution in [-0.2, 0) is 4.79 Å². The van der Waals surface area contributed by atoms with Gasteiger partial charge in [-0.15, -0.1) is 0 Å². The van der Waals surface area contributed by atoms with E-state index in [1.165, 1.54) is 0 Å². The summed E-state index contributed by atoms with van der Waals surface area (Å²) in [6.07, 6.45) is -2.54. The minimum absolute atomic E-state index is 0.0380. The van der Waals surface area contributed by atoms with Crippen LogP contribution in [0.5, 0.6) is 0 Å². The lowest BCUT2D eigenvalue weighted by molar-refractivity contribution is -0.160. The average molecular weight is 309 g/mol. The molecule has 4 nitrogen and oxygen atoms in total. The number of nitrogens with one attached hydrogen (secondary N) is 1. The molecule has 0 saturated carbocycles. The highest BCUT2D eigenvalue weighted by Crippen LogP contribution is 2.30. The van der Waals surface area contributed by atoms with Gasteiger partial charge in [0.15, 0.2) is 0 Å². The van der Waals surface area contributed by atoms with E-state index >= 15 is 0 Å². The number of hydrogen-bond acceptors (Lipinski definition) is 3. The van der Waals surface area contributed by atoms with Gasteiger partial charge in [-0.3, -0.25) is 4.79 Å². The fraction of sp³-hybridized carbons (Fsp3) is 0.833. The van der Waals surface area contributed by atoms with E-state index < -0.39 is 17.1 Å². The minimum atomic E-state index is -4.40. The maximum atomic E-state index is 12.9. The van der Waals surface area contributed by atoms with Crippen molar-refractivity contribution in [2.45, 2.75) is 31.5 Å². The summed E-state index contributed by atoms with van der Waals surface area (Å²) >= 11 is 4.54. The standard InChI is InChI=1S/C12H18F3N3OS/c13-12(14,15)8(11(16)20)6-18-4-3-9-7(5-18)1-2-10(19)17-9/h7-9H,1-6H2,(H2,16,20)(H,17,19). The minimum Gasteiger partial charge on any atom is -0.393 e. The first-order valence-electron chi connectivity index (χ1n) is 6.65. The molecule has 2 aliphatic rings. The van der Waals surface area contributed by atoms with E-state index in [0.29, 0.717) is 25.9 Å². The lowest BCUT2D eigenvalue weighted by Gasteiger charge is -2.42. The molecule has 2 aliphatic heterocycles. The molecular formula is C12H18F3N3OS. The van der Waals surface area contributed by atoms with Gasteiger partial charge in [0.05, 0.1) is 4.99 Å². The van der Waals surface area contributed by atoms with Gasteiger partial charge in [0, 0.05) is 32.1 Å². The third-order valence-electron chi connectivity index (χ3n) is 4.09. The summed E-state index contributed by atoms with van der Waals surface area (Å²) in [4.78, 5) is 12.5. The maximum Gasteiger partial charge on any atom is 0.399 e. The van der Waals surface area contributed by atoms with Gasteiger partial charge in [0.1, 0.15) is 5.92 Å². The molecule has 2 saturated heterocycles. The van der Waals surface area contributed by atoms with Crippen molar-refractivity contribution in [3.63, 3.8) is 0 Å². The highest BCUT2D eigenvalue weighted by Gasteiger charge is 2.44. The van der Waals surface area contributed by atoms with Gasteiger partial charge in [-0.25, -0.2) is 0 Å². The molecule has 2 rings (SSSR count). The summed E-state index contributed by atoms with van der Waals surface area (Å²) < 4.78 is 38.6. The van der Waals surface area contributed by atoms with Crippen LogP contribution in [0.2, 0.25) is 0 Å². The second-order valence-corrected chi connectivity index (χ2v) is 5.99. The first-order valence-corrected chi connectivity index (χ1v) is 7.06. The van der Waals surface area contributed by atoms with Crippen LogP contribution in [0.25, 0.3) is 0 Å². The van der Waals surface area contributed by atoms with Crippen LogP contribution in [0.1, 0.15) is 19.3 Å². The Bertz CT molecular complexity index is 402. The van der Waals surface area contributed by atoms with Crippen LogP contribution in [0.15, 0.2) is 0 Å². The Morgan fingerprint density at radius 3 is 2.80 bits per heavy atom. The zero-order valence-electron chi connectivity index (χ0n) is 10.9. The van der Waals surface area contributed by atoms with Gasteiger partial charge in [-0.2, -0.15) is 13.2 Å². The van der Waals surface area contributed by atoms with Gasteiger partial charge in [0.2, 0.25) is 5.91 Å². The van der Waals surface area contributed by atoms with Crippen LogP contribution < -0.4 is 11.1 Å². The number of amides is 1. The van der Waals surface area contributed by atoms with E-state index in [4.69, 9.17) is 5.73 Å².